The summed E-state index contributed by atoms with van der Waals surface area (Å²) >= 11 is 1.41. The molecular weight excluding hydrogens is 347 g/mol. The molecule has 2 aromatic heterocycles. The molecule has 0 bridgehead atoms. The van der Waals surface area contributed by atoms with Gasteiger partial charge in [0.15, 0.2) is 0 Å². The zero-order chi connectivity index (χ0) is 17.8. The first-order valence-corrected chi connectivity index (χ1v) is 8.13. The number of aliphatic carboxylic acids is 1. The minimum atomic E-state index is -1.12. The van der Waals surface area contributed by atoms with Crippen LogP contribution < -0.4 is 10.6 Å². The van der Waals surface area contributed by atoms with Crippen molar-refractivity contribution in [3.63, 3.8) is 0 Å². The van der Waals surface area contributed by atoms with Gasteiger partial charge >= 0.3 is 5.97 Å². The van der Waals surface area contributed by atoms with Crippen molar-refractivity contribution in [1.29, 1.82) is 0 Å². The van der Waals surface area contributed by atoms with Crippen LogP contribution in [0.3, 0.4) is 0 Å². The third-order valence-electron chi connectivity index (χ3n) is 3.38. The molecule has 0 saturated heterocycles. The minimum Gasteiger partial charge on any atom is -0.480 e. The first kappa shape index (κ1) is 16.8. The summed E-state index contributed by atoms with van der Waals surface area (Å²) in [5.74, 6) is -1.45. The van der Waals surface area contributed by atoms with Crippen LogP contribution in [0.15, 0.2) is 36.0 Å². The molecule has 0 fully saturated rings. The SMILES string of the molecule is O=C(O)CNC(=O)CNc1ncnc2scc(-c3ccc(F)cc3)c12. The standard InChI is InChI=1S/C16H13FN4O3S/c17-10-3-1-9(2-4-10)11-7-25-16-14(11)15(20-8-21-16)19-5-12(22)18-6-13(23)24/h1-4,7-8H,5-6H2,(H,18,22)(H,23,24)(H,19,20,21). The van der Waals surface area contributed by atoms with Crippen molar-refractivity contribution in [3.8, 4) is 11.1 Å². The summed E-state index contributed by atoms with van der Waals surface area (Å²) in [5.41, 5.74) is 1.63. The van der Waals surface area contributed by atoms with Crippen molar-refractivity contribution in [3.05, 3.63) is 41.8 Å². The zero-order valence-corrected chi connectivity index (χ0v) is 13.6. The number of benzene rings is 1. The molecule has 0 unspecified atom stereocenters. The molecule has 1 amide bonds. The van der Waals surface area contributed by atoms with E-state index in [1.807, 2.05) is 5.38 Å². The molecule has 0 radical (unpaired) electrons. The van der Waals surface area contributed by atoms with E-state index in [2.05, 4.69) is 20.6 Å². The molecule has 0 spiro atoms. The molecule has 3 N–H and O–H groups in total. The number of carboxylic acid groups (broad SMARTS) is 1. The van der Waals surface area contributed by atoms with E-state index in [1.54, 1.807) is 12.1 Å². The Kier molecular flexibility index (Phi) is 4.85. The van der Waals surface area contributed by atoms with Crippen LogP contribution >= 0.6 is 11.3 Å². The van der Waals surface area contributed by atoms with Gasteiger partial charge in [0.2, 0.25) is 5.91 Å². The van der Waals surface area contributed by atoms with Crippen LogP contribution in [0.5, 0.6) is 0 Å². The summed E-state index contributed by atoms with van der Waals surface area (Å²) in [6, 6.07) is 6.06. The number of hydrogen-bond acceptors (Lipinski definition) is 6. The van der Waals surface area contributed by atoms with Gasteiger partial charge in [-0.2, -0.15) is 0 Å². The molecule has 0 atom stereocenters. The van der Waals surface area contributed by atoms with Gasteiger partial charge in [0, 0.05) is 10.9 Å². The Morgan fingerprint density at radius 2 is 1.92 bits per heavy atom. The fraction of sp³-hybridized carbons (Fsp3) is 0.125. The molecule has 2 heterocycles. The van der Waals surface area contributed by atoms with Gasteiger partial charge in [0.25, 0.3) is 0 Å². The smallest absolute Gasteiger partial charge is 0.322 e. The second-order valence-electron chi connectivity index (χ2n) is 5.08. The molecule has 7 nitrogen and oxygen atoms in total. The topological polar surface area (TPSA) is 104 Å². The number of thiophene rings is 1. The number of aromatic nitrogens is 2. The lowest BCUT2D eigenvalue weighted by molar-refractivity contribution is -0.137. The number of carbonyl (C=O) groups excluding carboxylic acids is 1. The Labute approximate surface area is 145 Å². The number of anilines is 1. The maximum atomic E-state index is 13.1. The normalized spacial score (nSPS) is 10.6. The van der Waals surface area contributed by atoms with E-state index in [0.29, 0.717) is 5.82 Å². The third-order valence-corrected chi connectivity index (χ3v) is 4.26. The molecule has 128 valence electrons. The lowest BCUT2D eigenvalue weighted by Gasteiger charge is -2.08. The van der Waals surface area contributed by atoms with E-state index < -0.39 is 18.4 Å². The number of carbonyl (C=O) groups is 2. The number of hydrogen-bond donors (Lipinski definition) is 3. The Morgan fingerprint density at radius 1 is 1.16 bits per heavy atom. The Hall–Kier alpha value is -3.07. The van der Waals surface area contributed by atoms with Gasteiger partial charge in [-0.15, -0.1) is 11.3 Å². The number of fused-ring (bicyclic) bond motifs is 1. The highest BCUT2D eigenvalue weighted by Crippen LogP contribution is 2.36. The fourth-order valence-corrected chi connectivity index (χ4v) is 3.17. The second-order valence-corrected chi connectivity index (χ2v) is 5.94. The van der Waals surface area contributed by atoms with Gasteiger partial charge in [0.1, 0.15) is 29.3 Å². The number of rotatable bonds is 6. The van der Waals surface area contributed by atoms with Gasteiger partial charge in [-0.3, -0.25) is 9.59 Å². The van der Waals surface area contributed by atoms with Crippen LogP contribution in [0, 0.1) is 5.82 Å². The number of carboxylic acids is 1. The van der Waals surface area contributed by atoms with Crippen LogP contribution in [0.4, 0.5) is 10.2 Å². The molecule has 25 heavy (non-hydrogen) atoms. The highest BCUT2D eigenvalue weighted by molar-refractivity contribution is 7.17. The third kappa shape index (κ3) is 3.89. The molecule has 3 rings (SSSR count). The average Bonchev–Trinajstić information content (AvgIpc) is 3.03. The summed E-state index contributed by atoms with van der Waals surface area (Å²) in [5, 5.41) is 16.3. The van der Waals surface area contributed by atoms with E-state index in [0.717, 1.165) is 21.3 Å². The van der Waals surface area contributed by atoms with Crippen LogP contribution in [0.2, 0.25) is 0 Å². The van der Waals surface area contributed by atoms with Crippen LogP contribution in [-0.4, -0.2) is 40.0 Å². The first-order chi connectivity index (χ1) is 12.0. The fourth-order valence-electron chi connectivity index (χ4n) is 2.25. The van der Waals surface area contributed by atoms with Crippen molar-refractivity contribution in [2.45, 2.75) is 0 Å². The van der Waals surface area contributed by atoms with Crippen molar-refractivity contribution < 1.29 is 19.1 Å². The Balaban J connectivity index is 1.86. The summed E-state index contributed by atoms with van der Waals surface area (Å²) in [6.07, 6.45) is 1.38. The van der Waals surface area contributed by atoms with Crippen molar-refractivity contribution in [2.24, 2.45) is 0 Å². The summed E-state index contributed by atoms with van der Waals surface area (Å²) in [7, 11) is 0. The summed E-state index contributed by atoms with van der Waals surface area (Å²) in [4.78, 5) is 31.2. The lowest BCUT2D eigenvalue weighted by atomic mass is 10.1. The molecule has 0 saturated carbocycles. The van der Waals surface area contributed by atoms with Gasteiger partial charge in [0.05, 0.1) is 11.9 Å². The Morgan fingerprint density at radius 3 is 2.64 bits per heavy atom. The van der Waals surface area contributed by atoms with Crippen molar-refractivity contribution in [2.75, 3.05) is 18.4 Å². The predicted molar refractivity (Wildman–Crippen MR) is 91.9 cm³/mol. The van der Waals surface area contributed by atoms with Crippen LogP contribution in [0.25, 0.3) is 21.3 Å². The number of amides is 1. The largest absolute Gasteiger partial charge is 0.480 e. The van der Waals surface area contributed by atoms with Crippen LogP contribution in [0.1, 0.15) is 0 Å². The van der Waals surface area contributed by atoms with Crippen LogP contribution in [-0.2, 0) is 9.59 Å². The van der Waals surface area contributed by atoms with Gasteiger partial charge in [-0.25, -0.2) is 14.4 Å². The van der Waals surface area contributed by atoms with Crippen molar-refractivity contribution in [1.82, 2.24) is 15.3 Å². The van der Waals surface area contributed by atoms with E-state index in [9.17, 15) is 14.0 Å². The van der Waals surface area contributed by atoms with E-state index in [-0.39, 0.29) is 12.4 Å². The maximum absolute atomic E-state index is 13.1. The zero-order valence-electron chi connectivity index (χ0n) is 12.8. The number of nitrogens with zero attached hydrogens (tertiary/aromatic N) is 2. The second kappa shape index (κ2) is 7.22. The molecule has 9 heteroatoms. The molecule has 0 aliphatic carbocycles. The molecule has 3 aromatic rings. The van der Waals surface area contributed by atoms with E-state index in [1.165, 1.54) is 29.8 Å². The van der Waals surface area contributed by atoms with Gasteiger partial charge in [-0.05, 0) is 17.7 Å². The monoisotopic (exact) mass is 360 g/mol. The molecular formula is C16H13FN4O3S. The van der Waals surface area contributed by atoms with E-state index >= 15 is 0 Å². The van der Waals surface area contributed by atoms with Crippen molar-refractivity contribution >= 4 is 39.2 Å². The minimum absolute atomic E-state index is 0.127. The predicted octanol–water partition coefficient (Wildman–Crippen LogP) is 2.11. The average molecular weight is 360 g/mol. The quantitative estimate of drug-likeness (QED) is 0.622. The number of halogens is 1. The highest BCUT2D eigenvalue weighted by atomic mass is 32.1. The number of nitrogens with one attached hydrogen (secondary N) is 2. The van der Waals surface area contributed by atoms with Gasteiger partial charge < -0.3 is 15.7 Å². The lowest BCUT2D eigenvalue weighted by Crippen LogP contribution is -2.34. The molecule has 0 aliphatic heterocycles. The summed E-state index contributed by atoms with van der Waals surface area (Å²) in [6.45, 7) is -0.572. The summed E-state index contributed by atoms with van der Waals surface area (Å²) < 4.78 is 13.1. The Bertz CT molecular complexity index is 927. The molecule has 0 aliphatic rings. The highest BCUT2D eigenvalue weighted by Gasteiger charge is 2.14. The van der Waals surface area contributed by atoms with E-state index in [4.69, 9.17) is 5.11 Å². The first-order valence-electron chi connectivity index (χ1n) is 7.25. The van der Waals surface area contributed by atoms with Gasteiger partial charge in [-0.1, -0.05) is 12.1 Å². The molecule has 1 aromatic carbocycles. The maximum Gasteiger partial charge on any atom is 0.322 e.